The van der Waals surface area contributed by atoms with Crippen molar-refractivity contribution >= 4 is 0 Å². The number of allylic oxidation sites excluding steroid dienone is 1. The predicted octanol–water partition coefficient (Wildman–Crippen LogP) is 4.58. The topological polar surface area (TPSA) is 20.2 Å². The zero-order chi connectivity index (χ0) is 14.1. The van der Waals surface area contributed by atoms with E-state index in [1.807, 2.05) is 19.1 Å². The van der Waals surface area contributed by atoms with Gasteiger partial charge in [-0.2, -0.15) is 0 Å². The van der Waals surface area contributed by atoms with E-state index in [-0.39, 0.29) is 16.7 Å². The maximum Gasteiger partial charge on any atom is 0.0937 e. The second-order valence-electron chi connectivity index (χ2n) is 7.18. The van der Waals surface area contributed by atoms with Crippen LogP contribution in [0.5, 0.6) is 0 Å². The van der Waals surface area contributed by atoms with Crippen LogP contribution in [0.25, 0.3) is 0 Å². The van der Waals surface area contributed by atoms with Crippen LogP contribution >= 0.6 is 0 Å². The summed E-state index contributed by atoms with van der Waals surface area (Å²) in [6.07, 6.45) is 3.86. The number of hydrogen-bond acceptors (Lipinski definition) is 1. The number of rotatable bonds is 3. The van der Waals surface area contributed by atoms with E-state index >= 15 is 0 Å². The maximum absolute atomic E-state index is 11.0. The molecule has 0 bridgehead atoms. The van der Waals surface area contributed by atoms with Crippen molar-refractivity contribution in [3.8, 4) is 0 Å². The summed E-state index contributed by atoms with van der Waals surface area (Å²) in [5.74, 6) is 0.0276. The van der Waals surface area contributed by atoms with Crippen LogP contribution in [0.15, 0.2) is 24.3 Å². The molecular formula is C16H30O. The van der Waals surface area contributed by atoms with Crippen LogP contribution in [0.1, 0.15) is 55.4 Å². The summed E-state index contributed by atoms with van der Waals surface area (Å²) in [6.45, 7) is 20.6. The minimum atomic E-state index is -0.855. The highest BCUT2D eigenvalue weighted by Gasteiger charge is 2.42. The fraction of sp³-hybridized carbons (Fsp3) is 0.750. The van der Waals surface area contributed by atoms with Gasteiger partial charge in [0, 0.05) is 5.92 Å². The first-order valence-electron chi connectivity index (χ1n) is 6.41. The molecule has 0 spiro atoms. The molecule has 1 N–H and O–H groups in total. The molecule has 2 atom stereocenters. The van der Waals surface area contributed by atoms with Gasteiger partial charge in [-0.3, -0.25) is 0 Å². The van der Waals surface area contributed by atoms with E-state index in [9.17, 15) is 5.11 Å². The SMILES string of the molecule is C=C[C@@H](C)[C@](O)(/C=C(\C)C(C)(C)C)C(C)(C)C. The molecule has 0 aliphatic carbocycles. The molecule has 0 saturated carbocycles. The van der Waals surface area contributed by atoms with Crippen LogP contribution in [-0.2, 0) is 0 Å². The molecule has 0 fully saturated rings. The predicted molar refractivity (Wildman–Crippen MR) is 77.0 cm³/mol. The molecule has 17 heavy (non-hydrogen) atoms. The second-order valence-corrected chi connectivity index (χ2v) is 7.18. The van der Waals surface area contributed by atoms with Crippen LogP contribution in [0, 0.1) is 16.7 Å². The highest BCUT2D eigenvalue weighted by atomic mass is 16.3. The monoisotopic (exact) mass is 238 g/mol. The van der Waals surface area contributed by atoms with Gasteiger partial charge >= 0.3 is 0 Å². The Morgan fingerprint density at radius 2 is 1.53 bits per heavy atom. The Labute approximate surface area is 108 Å². The summed E-state index contributed by atoms with van der Waals surface area (Å²) >= 11 is 0. The molecule has 0 aromatic carbocycles. The fourth-order valence-electron chi connectivity index (χ4n) is 1.76. The minimum Gasteiger partial charge on any atom is -0.385 e. The molecule has 0 aromatic rings. The van der Waals surface area contributed by atoms with Crippen molar-refractivity contribution in [3.05, 3.63) is 24.3 Å². The average molecular weight is 238 g/mol. The van der Waals surface area contributed by atoms with Crippen LogP contribution in [0.4, 0.5) is 0 Å². The molecule has 1 heteroatoms. The van der Waals surface area contributed by atoms with Gasteiger partial charge in [0.25, 0.3) is 0 Å². The van der Waals surface area contributed by atoms with Crippen LogP contribution in [0.2, 0.25) is 0 Å². The summed E-state index contributed by atoms with van der Waals surface area (Å²) in [5, 5.41) is 11.0. The summed E-state index contributed by atoms with van der Waals surface area (Å²) < 4.78 is 0. The van der Waals surface area contributed by atoms with Crippen LogP contribution < -0.4 is 0 Å². The van der Waals surface area contributed by atoms with E-state index in [0.29, 0.717) is 0 Å². The molecule has 0 aliphatic heterocycles. The standard InChI is InChI=1S/C16H30O/c1-10-12(2)16(17,15(7,8)9)11-13(3)14(4,5)6/h10-12,17H,1H2,2-9H3/b13-11+/t12-,16-/m1/s1. The number of hydrogen-bond donors (Lipinski definition) is 1. The first-order valence-corrected chi connectivity index (χ1v) is 6.41. The number of aliphatic hydroxyl groups is 1. The second kappa shape index (κ2) is 4.97. The summed E-state index contributed by atoms with van der Waals surface area (Å²) in [5.41, 5.74) is 0.225. The van der Waals surface area contributed by atoms with Crippen molar-refractivity contribution in [1.29, 1.82) is 0 Å². The Morgan fingerprint density at radius 3 is 1.76 bits per heavy atom. The van der Waals surface area contributed by atoms with E-state index in [0.717, 1.165) is 0 Å². The molecule has 0 rings (SSSR count). The minimum absolute atomic E-state index is 0.0276. The van der Waals surface area contributed by atoms with Crippen molar-refractivity contribution in [1.82, 2.24) is 0 Å². The fourth-order valence-corrected chi connectivity index (χ4v) is 1.76. The van der Waals surface area contributed by atoms with Gasteiger partial charge in [-0.25, -0.2) is 0 Å². The van der Waals surface area contributed by atoms with Gasteiger partial charge in [0.15, 0.2) is 0 Å². The quantitative estimate of drug-likeness (QED) is 0.714. The lowest BCUT2D eigenvalue weighted by molar-refractivity contribution is -0.0440. The van der Waals surface area contributed by atoms with Gasteiger partial charge in [-0.05, 0) is 17.8 Å². The van der Waals surface area contributed by atoms with E-state index in [2.05, 4.69) is 55.0 Å². The first kappa shape index (κ1) is 16.4. The van der Waals surface area contributed by atoms with Gasteiger partial charge in [0.1, 0.15) is 0 Å². The molecule has 0 heterocycles. The van der Waals surface area contributed by atoms with Crippen molar-refractivity contribution in [2.24, 2.45) is 16.7 Å². The summed E-state index contributed by atoms with van der Waals surface area (Å²) in [4.78, 5) is 0. The molecule has 100 valence electrons. The van der Waals surface area contributed by atoms with Gasteiger partial charge in [-0.1, -0.05) is 66.2 Å². The molecule has 0 amide bonds. The largest absolute Gasteiger partial charge is 0.385 e. The lowest BCUT2D eigenvalue weighted by atomic mass is 9.67. The van der Waals surface area contributed by atoms with Crippen molar-refractivity contribution in [3.63, 3.8) is 0 Å². The lowest BCUT2D eigenvalue weighted by Crippen LogP contribution is -2.46. The third kappa shape index (κ3) is 3.70. The van der Waals surface area contributed by atoms with E-state index in [4.69, 9.17) is 0 Å². The maximum atomic E-state index is 11.0. The highest BCUT2D eigenvalue weighted by molar-refractivity contribution is 5.20. The Kier molecular flexibility index (Phi) is 4.81. The lowest BCUT2D eigenvalue weighted by Gasteiger charge is -2.43. The van der Waals surface area contributed by atoms with E-state index in [1.54, 1.807) is 0 Å². The molecule has 0 saturated heterocycles. The smallest absolute Gasteiger partial charge is 0.0937 e. The first-order chi connectivity index (χ1) is 7.36. The van der Waals surface area contributed by atoms with Gasteiger partial charge in [0.05, 0.1) is 5.60 Å². The normalized spacial score (nSPS) is 19.7. The average Bonchev–Trinajstić information content (AvgIpc) is 2.12. The summed E-state index contributed by atoms with van der Waals surface area (Å²) in [7, 11) is 0. The van der Waals surface area contributed by atoms with Crippen molar-refractivity contribution < 1.29 is 5.11 Å². The Bertz CT molecular complexity index is 298. The highest BCUT2D eigenvalue weighted by Crippen LogP contribution is 2.41. The van der Waals surface area contributed by atoms with Crippen LogP contribution in [-0.4, -0.2) is 10.7 Å². The third-order valence-corrected chi connectivity index (χ3v) is 3.87. The van der Waals surface area contributed by atoms with Gasteiger partial charge in [-0.15, -0.1) is 6.58 Å². The third-order valence-electron chi connectivity index (χ3n) is 3.87. The molecule has 0 radical (unpaired) electrons. The molecule has 0 unspecified atom stereocenters. The molecular weight excluding hydrogens is 208 g/mol. The Hall–Kier alpha value is -0.560. The summed E-state index contributed by atoms with van der Waals surface area (Å²) in [6, 6.07) is 0. The van der Waals surface area contributed by atoms with Gasteiger partial charge in [0.2, 0.25) is 0 Å². The van der Waals surface area contributed by atoms with Crippen molar-refractivity contribution in [2.75, 3.05) is 0 Å². The zero-order valence-electron chi connectivity index (χ0n) is 12.9. The molecule has 1 nitrogen and oxygen atoms in total. The molecule has 0 aliphatic rings. The van der Waals surface area contributed by atoms with Gasteiger partial charge < -0.3 is 5.11 Å². The van der Waals surface area contributed by atoms with Crippen LogP contribution in [0.3, 0.4) is 0 Å². The van der Waals surface area contributed by atoms with Crippen molar-refractivity contribution in [2.45, 2.75) is 61.0 Å². The zero-order valence-corrected chi connectivity index (χ0v) is 12.9. The Balaban J connectivity index is 5.61. The molecule has 0 aromatic heterocycles. The van der Waals surface area contributed by atoms with E-state index < -0.39 is 5.60 Å². The van der Waals surface area contributed by atoms with E-state index in [1.165, 1.54) is 5.57 Å². The Morgan fingerprint density at radius 1 is 1.12 bits per heavy atom.